The third kappa shape index (κ3) is 3.82. The number of hydrogen-bond donors (Lipinski definition) is 2. The molecule has 1 aromatic rings. The third-order valence-electron chi connectivity index (χ3n) is 6.56. The van der Waals surface area contributed by atoms with Crippen molar-refractivity contribution >= 4 is 27.7 Å². The number of carbonyl (C=O) groups excluding carboxylic acids is 3. The van der Waals surface area contributed by atoms with Gasteiger partial charge in [-0.1, -0.05) is 17.7 Å². The lowest BCUT2D eigenvalue weighted by molar-refractivity contribution is -0.139. The van der Waals surface area contributed by atoms with Crippen LogP contribution in [0.5, 0.6) is 0 Å². The second-order valence-electron chi connectivity index (χ2n) is 8.49. The highest BCUT2D eigenvalue weighted by Crippen LogP contribution is 2.34. The molecule has 1 unspecified atom stereocenters. The van der Waals surface area contributed by atoms with E-state index in [0.717, 1.165) is 5.56 Å². The van der Waals surface area contributed by atoms with Crippen LogP contribution in [0.2, 0.25) is 0 Å². The highest BCUT2D eigenvalue weighted by molar-refractivity contribution is 7.89. The SMILES string of the molecule is CNC(=O)[C@@H]1CC[C@@H]2C[C@H](NC(=O)C3CCCN3S(=O)(=O)c3ccc(C)cc3)C(=O)N21. The van der Waals surface area contributed by atoms with E-state index in [0.29, 0.717) is 32.1 Å². The van der Waals surface area contributed by atoms with E-state index in [1.165, 1.54) is 4.31 Å². The number of benzene rings is 1. The molecule has 3 saturated heterocycles. The summed E-state index contributed by atoms with van der Waals surface area (Å²) in [5.74, 6) is -0.923. The molecule has 0 spiro atoms. The second kappa shape index (κ2) is 8.23. The van der Waals surface area contributed by atoms with E-state index in [9.17, 15) is 22.8 Å². The lowest BCUT2D eigenvalue weighted by atomic mass is 10.1. The Kier molecular flexibility index (Phi) is 5.78. The number of nitrogens with zero attached hydrogens (tertiary/aromatic N) is 2. The number of hydrogen-bond acceptors (Lipinski definition) is 5. The van der Waals surface area contributed by atoms with Crippen molar-refractivity contribution in [1.29, 1.82) is 0 Å². The standard InChI is InChI=1S/C21H28N4O5S/c1-13-5-8-15(9-6-13)31(29,30)24-11-3-4-17(24)20(27)23-16-12-14-7-10-18(19(26)22-2)25(14)21(16)28/h5-6,8-9,14,16-18H,3-4,7,10-12H2,1-2H3,(H,22,26)(H,23,27)/t14-,16+,17?,18+/m1/s1. The van der Waals surface area contributed by atoms with Gasteiger partial charge in [0.2, 0.25) is 27.7 Å². The monoisotopic (exact) mass is 448 g/mol. The Bertz CT molecular complexity index is 994. The van der Waals surface area contributed by atoms with Gasteiger partial charge in [0.25, 0.3) is 0 Å². The molecule has 0 saturated carbocycles. The van der Waals surface area contributed by atoms with Gasteiger partial charge in [-0.2, -0.15) is 4.31 Å². The van der Waals surface area contributed by atoms with Crippen molar-refractivity contribution in [3.8, 4) is 0 Å². The summed E-state index contributed by atoms with van der Waals surface area (Å²) in [6.07, 6.45) is 2.76. The molecular formula is C21H28N4O5S. The molecule has 3 heterocycles. The van der Waals surface area contributed by atoms with Gasteiger partial charge in [-0.25, -0.2) is 8.42 Å². The Hall–Kier alpha value is -2.46. The zero-order valence-electron chi connectivity index (χ0n) is 17.7. The summed E-state index contributed by atoms with van der Waals surface area (Å²) in [6, 6.07) is 4.40. The molecule has 4 rings (SSSR count). The number of rotatable bonds is 5. The Balaban J connectivity index is 1.47. The molecule has 4 atom stereocenters. The Morgan fingerprint density at radius 1 is 1.03 bits per heavy atom. The van der Waals surface area contributed by atoms with Crippen molar-refractivity contribution in [2.45, 2.75) is 68.1 Å². The first kappa shape index (κ1) is 21.8. The summed E-state index contributed by atoms with van der Waals surface area (Å²) < 4.78 is 27.4. The topological polar surface area (TPSA) is 116 Å². The maximum atomic E-state index is 13.1. The average Bonchev–Trinajstić information content (AvgIpc) is 3.45. The summed E-state index contributed by atoms with van der Waals surface area (Å²) in [7, 11) is -2.27. The van der Waals surface area contributed by atoms with E-state index in [-0.39, 0.29) is 29.3 Å². The van der Waals surface area contributed by atoms with Gasteiger partial charge in [0.1, 0.15) is 18.1 Å². The smallest absolute Gasteiger partial charge is 0.246 e. The molecule has 31 heavy (non-hydrogen) atoms. The Labute approximate surface area is 182 Å². The lowest BCUT2D eigenvalue weighted by Gasteiger charge is -2.25. The molecule has 3 amide bonds. The number of nitrogens with one attached hydrogen (secondary N) is 2. The van der Waals surface area contributed by atoms with Gasteiger partial charge in [0, 0.05) is 19.6 Å². The molecule has 168 valence electrons. The van der Waals surface area contributed by atoms with Gasteiger partial charge >= 0.3 is 0 Å². The van der Waals surface area contributed by atoms with Crippen LogP contribution in [-0.2, 0) is 24.4 Å². The molecule has 3 aliphatic heterocycles. The number of aryl methyl sites for hydroxylation is 1. The van der Waals surface area contributed by atoms with Crippen molar-refractivity contribution in [3.63, 3.8) is 0 Å². The molecular weight excluding hydrogens is 420 g/mol. The number of fused-ring (bicyclic) bond motifs is 1. The van der Waals surface area contributed by atoms with Gasteiger partial charge in [0.15, 0.2) is 0 Å². The van der Waals surface area contributed by atoms with Gasteiger partial charge in [-0.3, -0.25) is 14.4 Å². The van der Waals surface area contributed by atoms with Crippen molar-refractivity contribution in [1.82, 2.24) is 19.8 Å². The summed E-state index contributed by atoms with van der Waals surface area (Å²) in [4.78, 5) is 39.7. The largest absolute Gasteiger partial charge is 0.357 e. The Morgan fingerprint density at radius 3 is 2.42 bits per heavy atom. The maximum absolute atomic E-state index is 13.1. The molecule has 10 heteroatoms. The minimum Gasteiger partial charge on any atom is -0.357 e. The van der Waals surface area contributed by atoms with Gasteiger partial charge in [-0.05, 0) is 51.2 Å². The number of carbonyl (C=O) groups is 3. The van der Waals surface area contributed by atoms with E-state index < -0.39 is 34.1 Å². The average molecular weight is 449 g/mol. The molecule has 3 fully saturated rings. The van der Waals surface area contributed by atoms with E-state index >= 15 is 0 Å². The fraction of sp³-hybridized carbons (Fsp3) is 0.571. The highest BCUT2D eigenvalue weighted by atomic mass is 32.2. The van der Waals surface area contributed by atoms with Crippen LogP contribution in [0.25, 0.3) is 0 Å². The quantitative estimate of drug-likeness (QED) is 0.665. The summed E-state index contributed by atoms with van der Waals surface area (Å²) in [5.41, 5.74) is 0.949. The van der Waals surface area contributed by atoms with Gasteiger partial charge in [-0.15, -0.1) is 0 Å². The van der Waals surface area contributed by atoms with Gasteiger partial charge in [0.05, 0.1) is 4.90 Å². The molecule has 0 bridgehead atoms. The lowest BCUT2D eigenvalue weighted by Crippen LogP contribution is -2.52. The fourth-order valence-electron chi connectivity index (χ4n) is 4.95. The molecule has 1 aromatic carbocycles. The van der Waals surface area contributed by atoms with Crippen LogP contribution in [0, 0.1) is 6.92 Å². The van der Waals surface area contributed by atoms with Crippen LogP contribution in [0.4, 0.5) is 0 Å². The molecule has 0 aliphatic carbocycles. The first-order valence-corrected chi connectivity index (χ1v) is 12.1. The van der Waals surface area contributed by atoms with Crippen molar-refractivity contribution < 1.29 is 22.8 Å². The maximum Gasteiger partial charge on any atom is 0.246 e. The zero-order valence-corrected chi connectivity index (χ0v) is 18.5. The molecule has 0 radical (unpaired) electrons. The number of sulfonamides is 1. The number of likely N-dealkylation sites (N-methyl/N-ethyl adjacent to an activating group) is 1. The molecule has 0 aromatic heterocycles. The first-order valence-electron chi connectivity index (χ1n) is 10.7. The summed E-state index contributed by atoms with van der Waals surface area (Å²) in [5, 5.41) is 5.36. The summed E-state index contributed by atoms with van der Waals surface area (Å²) >= 11 is 0. The predicted molar refractivity (Wildman–Crippen MR) is 112 cm³/mol. The van der Waals surface area contributed by atoms with Crippen molar-refractivity contribution in [3.05, 3.63) is 29.8 Å². The van der Waals surface area contributed by atoms with E-state index in [1.54, 1.807) is 36.2 Å². The van der Waals surface area contributed by atoms with Crippen LogP contribution < -0.4 is 10.6 Å². The minimum absolute atomic E-state index is 0.0731. The molecule has 9 nitrogen and oxygen atoms in total. The predicted octanol–water partition coefficient (Wildman–Crippen LogP) is 0.142. The van der Waals surface area contributed by atoms with Crippen LogP contribution >= 0.6 is 0 Å². The van der Waals surface area contributed by atoms with E-state index in [2.05, 4.69) is 10.6 Å². The fourth-order valence-corrected chi connectivity index (χ4v) is 6.61. The van der Waals surface area contributed by atoms with Crippen LogP contribution in [0.1, 0.15) is 37.7 Å². The number of amides is 3. The van der Waals surface area contributed by atoms with Crippen molar-refractivity contribution in [2.24, 2.45) is 0 Å². The minimum atomic E-state index is -3.81. The molecule has 2 N–H and O–H groups in total. The molecule has 3 aliphatic rings. The van der Waals surface area contributed by atoms with Gasteiger partial charge < -0.3 is 15.5 Å². The van der Waals surface area contributed by atoms with Crippen molar-refractivity contribution in [2.75, 3.05) is 13.6 Å². The van der Waals surface area contributed by atoms with Crippen LogP contribution in [0.15, 0.2) is 29.2 Å². The zero-order chi connectivity index (χ0) is 22.3. The third-order valence-corrected chi connectivity index (χ3v) is 8.48. The highest BCUT2D eigenvalue weighted by Gasteiger charge is 2.50. The van der Waals surface area contributed by atoms with E-state index in [4.69, 9.17) is 0 Å². The Morgan fingerprint density at radius 2 is 1.74 bits per heavy atom. The normalized spacial score (nSPS) is 28.6. The first-order chi connectivity index (χ1) is 14.7. The van der Waals surface area contributed by atoms with E-state index in [1.807, 2.05) is 6.92 Å². The van der Waals surface area contributed by atoms with Crippen LogP contribution in [-0.4, -0.2) is 73.1 Å². The summed E-state index contributed by atoms with van der Waals surface area (Å²) in [6.45, 7) is 2.14. The van der Waals surface area contributed by atoms with Crippen LogP contribution in [0.3, 0.4) is 0 Å². The second-order valence-corrected chi connectivity index (χ2v) is 10.4.